The fourth-order valence-corrected chi connectivity index (χ4v) is 2.47. The number of likely N-dealkylation sites (tertiary alicyclic amines) is 1. The quantitative estimate of drug-likeness (QED) is 0.755. The molecule has 1 amide bonds. The molecular formula is C12H14BrNO. The van der Waals surface area contributed by atoms with Gasteiger partial charge in [-0.25, -0.2) is 0 Å². The highest BCUT2D eigenvalue weighted by Crippen LogP contribution is 2.20. The molecule has 15 heavy (non-hydrogen) atoms. The van der Waals surface area contributed by atoms with E-state index < -0.39 is 0 Å². The fourth-order valence-electron chi connectivity index (χ4n) is 1.85. The highest BCUT2D eigenvalue weighted by Gasteiger charge is 2.26. The van der Waals surface area contributed by atoms with Crippen molar-refractivity contribution in [1.29, 1.82) is 0 Å². The lowest BCUT2D eigenvalue weighted by molar-refractivity contribution is -0.133. The van der Waals surface area contributed by atoms with Gasteiger partial charge in [0.25, 0.3) is 0 Å². The second-order valence-corrected chi connectivity index (χ2v) is 4.96. The van der Waals surface area contributed by atoms with Crippen molar-refractivity contribution in [1.82, 2.24) is 4.90 Å². The molecule has 0 aromatic heterocycles. The van der Waals surface area contributed by atoms with Crippen molar-refractivity contribution in [2.45, 2.75) is 24.2 Å². The third-order valence-corrected chi connectivity index (χ3v) is 3.53. The molecule has 0 saturated carbocycles. The molecule has 1 aliphatic rings. The summed E-state index contributed by atoms with van der Waals surface area (Å²) in [5.41, 5.74) is 1.20. The van der Waals surface area contributed by atoms with Gasteiger partial charge in [-0.05, 0) is 18.4 Å². The van der Waals surface area contributed by atoms with Crippen LogP contribution in [0.4, 0.5) is 0 Å². The molecule has 0 bridgehead atoms. The first-order chi connectivity index (χ1) is 7.27. The number of carbonyl (C=O) groups excluding carboxylic acids is 1. The van der Waals surface area contributed by atoms with E-state index in [0.29, 0.717) is 0 Å². The molecule has 0 unspecified atom stereocenters. The second-order valence-electron chi connectivity index (χ2n) is 3.86. The highest BCUT2D eigenvalue weighted by atomic mass is 79.9. The summed E-state index contributed by atoms with van der Waals surface area (Å²) in [5, 5.41) is 0. The highest BCUT2D eigenvalue weighted by molar-refractivity contribution is 9.10. The third-order valence-electron chi connectivity index (χ3n) is 2.68. The molecule has 1 aromatic carbocycles. The van der Waals surface area contributed by atoms with Crippen LogP contribution in [0.15, 0.2) is 30.3 Å². The molecular weight excluding hydrogens is 254 g/mol. The first-order valence-corrected chi connectivity index (χ1v) is 6.16. The Kier molecular flexibility index (Phi) is 3.41. The van der Waals surface area contributed by atoms with Crippen LogP contribution >= 0.6 is 15.9 Å². The van der Waals surface area contributed by atoms with Crippen LogP contribution in [0.5, 0.6) is 0 Å². The Bertz CT molecular complexity index is 339. The molecule has 2 rings (SSSR count). The molecule has 3 heteroatoms. The van der Waals surface area contributed by atoms with E-state index in [-0.39, 0.29) is 10.7 Å². The van der Waals surface area contributed by atoms with Gasteiger partial charge in [-0.1, -0.05) is 46.3 Å². The minimum absolute atomic E-state index is 0.0231. The van der Waals surface area contributed by atoms with E-state index in [0.717, 1.165) is 25.9 Å². The monoisotopic (exact) mass is 267 g/mol. The molecule has 0 N–H and O–H groups in total. The number of amides is 1. The Morgan fingerprint density at radius 1 is 1.33 bits per heavy atom. The van der Waals surface area contributed by atoms with Gasteiger partial charge in [0, 0.05) is 13.1 Å². The summed E-state index contributed by atoms with van der Waals surface area (Å²) >= 11 is 3.42. The van der Waals surface area contributed by atoms with Gasteiger partial charge in [0.05, 0.1) is 4.83 Å². The normalized spacial score (nSPS) is 21.8. The van der Waals surface area contributed by atoms with Crippen molar-refractivity contribution in [3.05, 3.63) is 35.9 Å². The van der Waals surface area contributed by atoms with Gasteiger partial charge < -0.3 is 4.90 Å². The summed E-state index contributed by atoms with van der Waals surface area (Å²) in [6.45, 7) is 1.62. The molecule has 1 aliphatic heterocycles. The molecule has 1 atom stereocenters. The summed E-state index contributed by atoms with van der Waals surface area (Å²) in [5.74, 6) is 0.227. The molecule has 1 aromatic rings. The first kappa shape index (κ1) is 10.7. The first-order valence-electron chi connectivity index (χ1n) is 5.24. The van der Waals surface area contributed by atoms with E-state index in [2.05, 4.69) is 28.1 Å². The Hall–Kier alpha value is -0.830. The zero-order valence-corrected chi connectivity index (χ0v) is 10.1. The minimum atomic E-state index is 0.0231. The average Bonchev–Trinajstić information content (AvgIpc) is 2.26. The van der Waals surface area contributed by atoms with Gasteiger partial charge in [0.2, 0.25) is 5.91 Å². The number of hydrogen-bond donors (Lipinski definition) is 0. The standard InChI is InChI=1S/C12H14BrNO/c13-11-7-4-8-14(12(11)15)9-10-5-2-1-3-6-10/h1-3,5-6,11H,4,7-9H2/t11-/m0/s1. The van der Waals surface area contributed by atoms with Crippen molar-refractivity contribution in [2.24, 2.45) is 0 Å². The maximum Gasteiger partial charge on any atom is 0.236 e. The zero-order valence-electron chi connectivity index (χ0n) is 8.53. The molecule has 1 heterocycles. The van der Waals surface area contributed by atoms with Crippen LogP contribution in [-0.2, 0) is 11.3 Å². The smallest absolute Gasteiger partial charge is 0.236 e. The minimum Gasteiger partial charge on any atom is -0.337 e. The predicted molar refractivity (Wildman–Crippen MR) is 63.8 cm³/mol. The van der Waals surface area contributed by atoms with Gasteiger partial charge >= 0.3 is 0 Å². The molecule has 2 nitrogen and oxygen atoms in total. The Morgan fingerprint density at radius 2 is 2.07 bits per heavy atom. The number of carbonyl (C=O) groups is 1. The van der Waals surface area contributed by atoms with Crippen LogP contribution in [0.2, 0.25) is 0 Å². The van der Waals surface area contributed by atoms with Gasteiger partial charge in [-0.3, -0.25) is 4.79 Å². The van der Waals surface area contributed by atoms with Crippen LogP contribution in [0.3, 0.4) is 0 Å². The number of hydrogen-bond acceptors (Lipinski definition) is 1. The summed E-state index contributed by atoms with van der Waals surface area (Å²) in [7, 11) is 0. The molecule has 0 radical (unpaired) electrons. The van der Waals surface area contributed by atoms with Crippen LogP contribution in [-0.4, -0.2) is 22.2 Å². The largest absolute Gasteiger partial charge is 0.337 e. The van der Waals surface area contributed by atoms with E-state index >= 15 is 0 Å². The van der Waals surface area contributed by atoms with Crippen LogP contribution in [0.25, 0.3) is 0 Å². The average molecular weight is 268 g/mol. The molecule has 1 saturated heterocycles. The number of nitrogens with zero attached hydrogens (tertiary/aromatic N) is 1. The lowest BCUT2D eigenvalue weighted by Crippen LogP contribution is -2.41. The van der Waals surface area contributed by atoms with Crippen LogP contribution in [0, 0.1) is 0 Å². The second kappa shape index (κ2) is 4.79. The van der Waals surface area contributed by atoms with E-state index in [1.165, 1.54) is 5.56 Å². The van der Waals surface area contributed by atoms with E-state index in [9.17, 15) is 4.79 Å². The predicted octanol–water partition coefficient (Wildman–Crippen LogP) is 2.57. The SMILES string of the molecule is O=C1[C@@H](Br)CCCN1Cc1ccccc1. The summed E-state index contributed by atoms with van der Waals surface area (Å²) < 4.78 is 0. The van der Waals surface area contributed by atoms with Crippen molar-refractivity contribution in [2.75, 3.05) is 6.54 Å². The summed E-state index contributed by atoms with van der Waals surface area (Å²) in [4.78, 5) is 13.8. The number of alkyl halides is 1. The molecule has 0 aliphatic carbocycles. The van der Waals surface area contributed by atoms with Gasteiger partial charge in [0.15, 0.2) is 0 Å². The number of benzene rings is 1. The van der Waals surface area contributed by atoms with Crippen molar-refractivity contribution < 1.29 is 4.79 Å². The van der Waals surface area contributed by atoms with Gasteiger partial charge in [-0.2, -0.15) is 0 Å². The third kappa shape index (κ3) is 2.59. The maximum absolute atomic E-state index is 11.8. The number of rotatable bonds is 2. The lowest BCUT2D eigenvalue weighted by Gasteiger charge is -2.29. The van der Waals surface area contributed by atoms with E-state index in [4.69, 9.17) is 0 Å². The topological polar surface area (TPSA) is 20.3 Å². The van der Waals surface area contributed by atoms with E-state index in [1.54, 1.807) is 0 Å². The van der Waals surface area contributed by atoms with E-state index in [1.807, 2.05) is 23.1 Å². The molecule has 0 spiro atoms. The van der Waals surface area contributed by atoms with Crippen molar-refractivity contribution in [3.8, 4) is 0 Å². The van der Waals surface area contributed by atoms with Gasteiger partial charge in [-0.15, -0.1) is 0 Å². The number of piperidine rings is 1. The summed E-state index contributed by atoms with van der Waals surface area (Å²) in [6.07, 6.45) is 2.05. The van der Waals surface area contributed by atoms with Crippen LogP contribution < -0.4 is 0 Å². The number of halogens is 1. The Morgan fingerprint density at radius 3 is 2.80 bits per heavy atom. The summed E-state index contributed by atoms with van der Waals surface area (Å²) in [6, 6.07) is 10.1. The zero-order chi connectivity index (χ0) is 10.7. The lowest BCUT2D eigenvalue weighted by atomic mass is 10.1. The van der Waals surface area contributed by atoms with Crippen molar-refractivity contribution >= 4 is 21.8 Å². The maximum atomic E-state index is 11.8. The van der Waals surface area contributed by atoms with Gasteiger partial charge in [0.1, 0.15) is 0 Å². The Balaban J connectivity index is 2.03. The van der Waals surface area contributed by atoms with Crippen LogP contribution in [0.1, 0.15) is 18.4 Å². The fraction of sp³-hybridized carbons (Fsp3) is 0.417. The Labute approximate surface area is 98.4 Å². The molecule has 80 valence electrons. The van der Waals surface area contributed by atoms with Crippen molar-refractivity contribution in [3.63, 3.8) is 0 Å². The molecule has 1 fully saturated rings.